The van der Waals surface area contributed by atoms with Crippen LogP contribution in [0, 0.1) is 5.82 Å². The molecule has 0 unspecified atom stereocenters. The SMILES string of the molecule is Nc1c(-c2nc3ccc(NC(=O)CBr)cc3[nH]2)c(=O)[nH]c2cccc(F)c12. The maximum absolute atomic E-state index is 14.2. The maximum atomic E-state index is 14.2. The predicted molar refractivity (Wildman–Crippen MR) is 106 cm³/mol. The van der Waals surface area contributed by atoms with E-state index < -0.39 is 11.4 Å². The molecule has 0 saturated carbocycles. The van der Waals surface area contributed by atoms with Crippen molar-refractivity contribution in [2.75, 3.05) is 16.4 Å². The number of aromatic nitrogens is 3. The highest BCUT2D eigenvalue weighted by molar-refractivity contribution is 9.09. The van der Waals surface area contributed by atoms with E-state index >= 15 is 0 Å². The van der Waals surface area contributed by atoms with E-state index in [9.17, 15) is 14.0 Å². The average Bonchev–Trinajstić information content (AvgIpc) is 3.04. The average molecular weight is 430 g/mol. The Morgan fingerprint density at radius 2 is 2.04 bits per heavy atom. The lowest BCUT2D eigenvalue weighted by molar-refractivity contribution is -0.113. The Bertz CT molecular complexity index is 1260. The number of aromatic amines is 2. The molecule has 0 fully saturated rings. The number of pyridine rings is 1. The zero-order chi connectivity index (χ0) is 19.1. The lowest BCUT2D eigenvalue weighted by Gasteiger charge is -2.07. The number of imidazole rings is 1. The topological polar surface area (TPSA) is 117 Å². The summed E-state index contributed by atoms with van der Waals surface area (Å²) < 4.78 is 14.2. The minimum Gasteiger partial charge on any atom is -0.397 e. The van der Waals surface area contributed by atoms with E-state index in [2.05, 4.69) is 36.2 Å². The van der Waals surface area contributed by atoms with Gasteiger partial charge < -0.3 is 21.0 Å². The summed E-state index contributed by atoms with van der Waals surface area (Å²) in [5, 5.41) is 3.02. The molecular weight excluding hydrogens is 417 g/mol. The van der Waals surface area contributed by atoms with Crippen LogP contribution in [0.1, 0.15) is 0 Å². The van der Waals surface area contributed by atoms with Gasteiger partial charge in [0.2, 0.25) is 5.91 Å². The molecule has 0 aliphatic rings. The molecule has 136 valence electrons. The van der Waals surface area contributed by atoms with Gasteiger partial charge in [0.25, 0.3) is 5.56 Å². The molecule has 0 bridgehead atoms. The molecule has 0 saturated heterocycles. The van der Waals surface area contributed by atoms with E-state index in [1.807, 2.05) is 0 Å². The first-order chi connectivity index (χ1) is 13.0. The Hall–Kier alpha value is -3.20. The molecule has 5 N–H and O–H groups in total. The largest absolute Gasteiger partial charge is 0.397 e. The lowest BCUT2D eigenvalue weighted by atomic mass is 10.1. The Morgan fingerprint density at radius 1 is 1.22 bits per heavy atom. The van der Waals surface area contributed by atoms with Gasteiger partial charge in [-0.3, -0.25) is 9.59 Å². The van der Waals surface area contributed by atoms with Crippen LogP contribution in [0.5, 0.6) is 0 Å². The summed E-state index contributed by atoms with van der Waals surface area (Å²) in [5.41, 5.74) is 7.78. The van der Waals surface area contributed by atoms with Crippen molar-refractivity contribution in [2.24, 2.45) is 0 Å². The number of halogens is 2. The molecule has 0 atom stereocenters. The highest BCUT2D eigenvalue weighted by Gasteiger charge is 2.18. The van der Waals surface area contributed by atoms with Gasteiger partial charge in [-0.2, -0.15) is 0 Å². The van der Waals surface area contributed by atoms with Gasteiger partial charge in [0.15, 0.2) is 0 Å². The number of nitrogens with two attached hydrogens (primary N) is 1. The fourth-order valence-corrected chi connectivity index (χ4v) is 3.11. The molecule has 0 radical (unpaired) electrons. The van der Waals surface area contributed by atoms with Gasteiger partial charge >= 0.3 is 0 Å². The van der Waals surface area contributed by atoms with Crippen molar-refractivity contribution < 1.29 is 9.18 Å². The van der Waals surface area contributed by atoms with Gasteiger partial charge in [-0.15, -0.1) is 0 Å². The number of alkyl halides is 1. The summed E-state index contributed by atoms with van der Waals surface area (Å²) in [5.74, 6) is -0.504. The number of amides is 1. The zero-order valence-electron chi connectivity index (χ0n) is 13.8. The molecule has 2 aromatic heterocycles. The van der Waals surface area contributed by atoms with E-state index in [1.165, 1.54) is 12.1 Å². The van der Waals surface area contributed by atoms with Crippen LogP contribution in [0.4, 0.5) is 15.8 Å². The molecule has 0 aliphatic heterocycles. The molecule has 4 rings (SSSR count). The summed E-state index contributed by atoms with van der Waals surface area (Å²) >= 11 is 3.08. The van der Waals surface area contributed by atoms with Gasteiger partial charge in [0.05, 0.1) is 33.0 Å². The van der Waals surface area contributed by atoms with E-state index in [1.54, 1.807) is 24.3 Å². The van der Waals surface area contributed by atoms with Crippen LogP contribution in [0.15, 0.2) is 41.2 Å². The molecule has 1 amide bonds. The van der Waals surface area contributed by atoms with Gasteiger partial charge in [-0.05, 0) is 30.3 Å². The quantitative estimate of drug-likeness (QED) is 0.374. The van der Waals surface area contributed by atoms with Crippen molar-refractivity contribution in [1.82, 2.24) is 15.0 Å². The normalized spacial score (nSPS) is 11.2. The van der Waals surface area contributed by atoms with Crippen LogP contribution >= 0.6 is 15.9 Å². The van der Waals surface area contributed by atoms with Crippen molar-refractivity contribution in [3.8, 4) is 11.4 Å². The van der Waals surface area contributed by atoms with Crippen LogP contribution in [0.2, 0.25) is 0 Å². The van der Waals surface area contributed by atoms with Crippen LogP contribution in [-0.2, 0) is 4.79 Å². The number of carbonyl (C=O) groups excluding carboxylic acids is 1. The second-order valence-corrected chi connectivity index (χ2v) is 6.47. The van der Waals surface area contributed by atoms with E-state index in [4.69, 9.17) is 5.73 Å². The number of benzene rings is 2. The van der Waals surface area contributed by atoms with Crippen LogP contribution in [0.25, 0.3) is 33.3 Å². The van der Waals surface area contributed by atoms with E-state index in [-0.39, 0.29) is 33.7 Å². The van der Waals surface area contributed by atoms with Crippen LogP contribution in [0.3, 0.4) is 0 Å². The van der Waals surface area contributed by atoms with Crippen molar-refractivity contribution in [3.05, 3.63) is 52.6 Å². The van der Waals surface area contributed by atoms with E-state index in [0.29, 0.717) is 22.2 Å². The summed E-state index contributed by atoms with van der Waals surface area (Å²) in [6.45, 7) is 0. The first kappa shape index (κ1) is 17.2. The van der Waals surface area contributed by atoms with Crippen molar-refractivity contribution >= 4 is 55.1 Å². The molecule has 7 nitrogen and oxygen atoms in total. The maximum Gasteiger partial charge on any atom is 0.261 e. The number of nitrogens with one attached hydrogen (secondary N) is 3. The standard InChI is InChI=1S/C18H13BrFN5O2/c19-7-13(26)22-8-4-5-10-12(6-8)24-17(23-10)15-16(21)14-9(20)2-1-3-11(14)25-18(15)27/h1-6H,7H2,(H,22,26)(H,23,24)(H3,21,25,27). The number of nitrogen functional groups attached to an aromatic ring is 1. The first-order valence-corrected chi connectivity index (χ1v) is 9.06. The molecular formula is C18H13BrFN5O2. The third-order valence-electron chi connectivity index (χ3n) is 4.15. The molecule has 2 heterocycles. The third-order valence-corrected chi connectivity index (χ3v) is 4.66. The first-order valence-electron chi connectivity index (χ1n) is 7.94. The Morgan fingerprint density at radius 3 is 2.81 bits per heavy atom. The second kappa shape index (κ2) is 6.51. The minimum absolute atomic E-state index is 0.0127. The second-order valence-electron chi connectivity index (χ2n) is 5.90. The molecule has 2 aromatic carbocycles. The number of rotatable bonds is 3. The van der Waals surface area contributed by atoms with E-state index in [0.717, 1.165) is 0 Å². The highest BCUT2D eigenvalue weighted by atomic mass is 79.9. The number of hydrogen-bond donors (Lipinski definition) is 4. The Kier molecular flexibility index (Phi) is 4.15. The summed E-state index contributed by atoms with van der Waals surface area (Å²) in [7, 11) is 0. The number of fused-ring (bicyclic) bond motifs is 2. The Balaban J connectivity index is 1.88. The molecule has 27 heavy (non-hydrogen) atoms. The lowest BCUT2D eigenvalue weighted by Crippen LogP contribution is -2.13. The molecule has 0 aliphatic carbocycles. The fraction of sp³-hybridized carbons (Fsp3) is 0.0556. The van der Waals surface area contributed by atoms with Gasteiger partial charge in [0.1, 0.15) is 17.2 Å². The van der Waals surface area contributed by atoms with Crippen molar-refractivity contribution in [1.29, 1.82) is 0 Å². The highest BCUT2D eigenvalue weighted by Crippen LogP contribution is 2.30. The third kappa shape index (κ3) is 2.95. The number of hydrogen-bond acceptors (Lipinski definition) is 4. The summed E-state index contributed by atoms with van der Waals surface area (Å²) in [6, 6.07) is 9.44. The molecule has 9 heteroatoms. The number of anilines is 2. The van der Waals surface area contributed by atoms with Crippen LogP contribution in [-0.4, -0.2) is 26.2 Å². The predicted octanol–water partition coefficient (Wildman–Crippen LogP) is 3.13. The summed E-state index contributed by atoms with van der Waals surface area (Å²) in [4.78, 5) is 34.0. The van der Waals surface area contributed by atoms with Gasteiger partial charge in [0, 0.05) is 5.69 Å². The number of nitrogens with zero attached hydrogens (tertiary/aromatic N) is 1. The van der Waals surface area contributed by atoms with Crippen molar-refractivity contribution in [3.63, 3.8) is 0 Å². The fourth-order valence-electron chi connectivity index (χ4n) is 2.97. The zero-order valence-corrected chi connectivity index (χ0v) is 15.4. The van der Waals surface area contributed by atoms with Crippen molar-refractivity contribution in [2.45, 2.75) is 0 Å². The molecule has 4 aromatic rings. The molecule has 0 spiro atoms. The number of carbonyl (C=O) groups is 1. The Labute approximate surface area is 159 Å². The van der Waals surface area contributed by atoms with Gasteiger partial charge in [-0.1, -0.05) is 22.0 Å². The summed E-state index contributed by atoms with van der Waals surface area (Å²) in [6.07, 6.45) is 0. The van der Waals surface area contributed by atoms with Gasteiger partial charge in [-0.25, -0.2) is 9.37 Å². The number of H-pyrrole nitrogens is 2. The smallest absolute Gasteiger partial charge is 0.261 e. The van der Waals surface area contributed by atoms with Crippen LogP contribution < -0.4 is 16.6 Å². The minimum atomic E-state index is -0.529. The monoisotopic (exact) mass is 429 g/mol.